The van der Waals surface area contributed by atoms with Crippen LogP contribution in [0.4, 0.5) is 0 Å². The molecule has 148 valence electrons. The Morgan fingerprint density at radius 2 is 1.11 bits per heavy atom. The van der Waals surface area contributed by atoms with Crippen LogP contribution in [0.1, 0.15) is 65.7 Å². The number of hydrogen-bond donors (Lipinski definition) is 0. The lowest BCUT2D eigenvalue weighted by atomic mass is 9.70. The van der Waals surface area contributed by atoms with Crippen molar-refractivity contribution in [3.63, 3.8) is 0 Å². The van der Waals surface area contributed by atoms with E-state index in [2.05, 4.69) is 0 Å². The maximum Gasteiger partial charge on any atom is 0.338 e. The molecule has 1 aliphatic carbocycles. The number of rotatable bonds is 8. The third kappa shape index (κ3) is 5.69. The molecule has 0 radical (unpaired) electrons. The molecular weight excluding hydrogens is 352 g/mol. The molecule has 28 heavy (non-hydrogen) atoms. The standard InChI is InChI=1S/C24H28O4/c25-22(20-10-4-1-5-11-20)27-18-16-24(14-8-3-9-15-24)17-19-28-23(26)21-12-6-2-7-13-21/h1-2,4-7,10-13H,3,8-9,14-19H2. The summed E-state index contributed by atoms with van der Waals surface area (Å²) in [6, 6.07) is 18.2. The number of ether oxygens (including phenoxy) is 2. The summed E-state index contributed by atoms with van der Waals surface area (Å²) < 4.78 is 11.0. The molecule has 0 unspecified atom stereocenters. The van der Waals surface area contributed by atoms with Crippen molar-refractivity contribution in [2.24, 2.45) is 5.41 Å². The summed E-state index contributed by atoms with van der Waals surface area (Å²) in [6.07, 6.45) is 7.42. The summed E-state index contributed by atoms with van der Waals surface area (Å²) in [5.41, 5.74) is 1.25. The maximum atomic E-state index is 12.2. The first-order valence-electron chi connectivity index (χ1n) is 10.1. The van der Waals surface area contributed by atoms with Crippen LogP contribution in [0.25, 0.3) is 0 Å². The van der Waals surface area contributed by atoms with Crippen LogP contribution in [0, 0.1) is 5.41 Å². The van der Waals surface area contributed by atoms with Gasteiger partial charge in [0, 0.05) is 0 Å². The normalized spacial score (nSPS) is 15.6. The van der Waals surface area contributed by atoms with Gasteiger partial charge in [0.15, 0.2) is 0 Å². The molecule has 0 saturated heterocycles. The number of carbonyl (C=O) groups is 2. The van der Waals surface area contributed by atoms with Crippen molar-refractivity contribution in [1.82, 2.24) is 0 Å². The van der Waals surface area contributed by atoms with E-state index in [4.69, 9.17) is 9.47 Å². The van der Waals surface area contributed by atoms with Crippen molar-refractivity contribution in [2.45, 2.75) is 44.9 Å². The Hall–Kier alpha value is -2.62. The van der Waals surface area contributed by atoms with E-state index in [1.165, 1.54) is 19.3 Å². The van der Waals surface area contributed by atoms with Gasteiger partial charge in [-0.05, 0) is 55.4 Å². The zero-order valence-corrected chi connectivity index (χ0v) is 16.3. The van der Waals surface area contributed by atoms with Gasteiger partial charge in [-0.25, -0.2) is 9.59 Å². The lowest BCUT2D eigenvalue weighted by Gasteiger charge is -2.37. The van der Waals surface area contributed by atoms with Crippen LogP contribution in [0.15, 0.2) is 60.7 Å². The van der Waals surface area contributed by atoms with Gasteiger partial charge in [0.1, 0.15) is 0 Å². The van der Waals surface area contributed by atoms with Crippen LogP contribution < -0.4 is 0 Å². The summed E-state index contributed by atoms with van der Waals surface area (Å²) in [5, 5.41) is 0. The van der Waals surface area contributed by atoms with Crippen molar-refractivity contribution in [1.29, 1.82) is 0 Å². The van der Waals surface area contributed by atoms with Crippen molar-refractivity contribution in [2.75, 3.05) is 13.2 Å². The Bertz CT molecular complexity index is 689. The van der Waals surface area contributed by atoms with Gasteiger partial charge >= 0.3 is 11.9 Å². The second-order valence-corrected chi connectivity index (χ2v) is 7.56. The van der Waals surface area contributed by atoms with Gasteiger partial charge in [-0.3, -0.25) is 0 Å². The fraction of sp³-hybridized carbons (Fsp3) is 0.417. The molecule has 1 fully saturated rings. The average Bonchev–Trinajstić information content (AvgIpc) is 2.75. The molecule has 3 rings (SSSR count). The first-order valence-corrected chi connectivity index (χ1v) is 10.1. The molecular formula is C24H28O4. The van der Waals surface area contributed by atoms with Gasteiger partial charge < -0.3 is 9.47 Å². The predicted molar refractivity (Wildman–Crippen MR) is 108 cm³/mol. The molecule has 0 aliphatic heterocycles. The smallest absolute Gasteiger partial charge is 0.338 e. The molecule has 4 nitrogen and oxygen atoms in total. The van der Waals surface area contributed by atoms with E-state index in [0.717, 1.165) is 25.7 Å². The molecule has 0 aromatic heterocycles. The third-order valence-electron chi connectivity index (χ3n) is 5.66. The van der Waals surface area contributed by atoms with E-state index in [9.17, 15) is 9.59 Å². The molecule has 0 amide bonds. The monoisotopic (exact) mass is 380 g/mol. The van der Waals surface area contributed by atoms with Gasteiger partial charge in [0.25, 0.3) is 0 Å². The summed E-state index contributed by atoms with van der Waals surface area (Å²) in [6.45, 7) is 0.806. The average molecular weight is 380 g/mol. The highest BCUT2D eigenvalue weighted by Gasteiger charge is 2.32. The Kier molecular flexibility index (Phi) is 7.24. The largest absolute Gasteiger partial charge is 0.462 e. The molecule has 0 spiro atoms. The van der Waals surface area contributed by atoms with Gasteiger partial charge in [0.05, 0.1) is 24.3 Å². The van der Waals surface area contributed by atoms with Crippen molar-refractivity contribution in [3.8, 4) is 0 Å². The highest BCUT2D eigenvalue weighted by atomic mass is 16.5. The zero-order valence-electron chi connectivity index (χ0n) is 16.3. The molecule has 1 saturated carbocycles. The number of esters is 2. The van der Waals surface area contributed by atoms with Crippen molar-refractivity contribution >= 4 is 11.9 Å². The topological polar surface area (TPSA) is 52.6 Å². The maximum absolute atomic E-state index is 12.2. The summed E-state index contributed by atoms with van der Waals surface area (Å²) in [5.74, 6) is -0.552. The van der Waals surface area contributed by atoms with E-state index < -0.39 is 0 Å². The molecule has 1 aliphatic rings. The molecule has 2 aromatic rings. The van der Waals surface area contributed by atoms with Crippen molar-refractivity contribution in [3.05, 3.63) is 71.8 Å². The minimum atomic E-state index is -0.276. The van der Waals surface area contributed by atoms with Crippen LogP contribution in [-0.2, 0) is 9.47 Å². The zero-order chi connectivity index (χ0) is 19.7. The fourth-order valence-corrected chi connectivity index (χ4v) is 3.96. The Balaban J connectivity index is 1.49. The van der Waals surface area contributed by atoms with Gasteiger partial charge in [-0.1, -0.05) is 55.7 Å². The Labute approximate surface area is 166 Å². The third-order valence-corrected chi connectivity index (χ3v) is 5.66. The number of carbonyl (C=O) groups excluding carboxylic acids is 2. The SMILES string of the molecule is O=C(OCCC1(CCOC(=O)c2ccccc2)CCCCC1)c1ccccc1. The van der Waals surface area contributed by atoms with E-state index in [1.807, 2.05) is 36.4 Å². The first-order chi connectivity index (χ1) is 13.7. The lowest BCUT2D eigenvalue weighted by Crippen LogP contribution is -2.28. The van der Waals surface area contributed by atoms with Crippen LogP contribution in [0.3, 0.4) is 0 Å². The molecule has 0 N–H and O–H groups in total. The molecule has 0 heterocycles. The highest BCUT2D eigenvalue weighted by Crippen LogP contribution is 2.42. The molecule has 2 aromatic carbocycles. The molecule has 0 bridgehead atoms. The summed E-state index contributed by atoms with van der Waals surface area (Å²) >= 11 is 0. The van der Waals surface area contributed by atoms with E-state index in [-0.39, 0.29) is 17.4 Å². The van der Waals surface area contributed by atoms with Crippen LogP contribution >= 0.6 is 0 Å². The van der Waals surface area contributed by atoms with Gasteiger partial charge in [-0.2, -0.15) is 0 Å². The van der Waals surface area contributed by atoms with E-state index in [1.54, 1.807) is 24.3 Å². The highest BCUT2D eigenvalue weighted by molar-refractivity contribution is 5.89. The summed E-state index contributed by atoms with van der Waals surface area (Å²) in [7, 11) is 0. The minimum Gasteiger partial charge on any atom is -0.462 e. The summed E-state index contributed by atoms with van der Waals surface area (Å²) in [4.78, 5) is 24.3. The number of benzene rings is 2. The lowest BCUT2D eigenvalue weighted by molar-refractivity contribution is 0.0276. The van der Waals surface area contributed by atoms with Crippen LogP contribution in [0.2, 0.25) is 0 Å². The number of hydrogen-bond acceptors (Lipinski definition) is 4. The second-order valence-electron chi connectivity index (χ2n) is 7.56. The predicted octanol–water partition coefficient (Wildman–Crippen LogP) is 5.43. The van der Waals surface area contributed by atoms with Crippen LogP contribution in [-0.4, -0.2) is 25.2 Å². The van der Waals surface area contributed by atoms with Crippen LogP contribution in [0.5, 0.6) is 0 Å². The van der Waals surface area contributed by atoms with E-state index >= 15 is 0 Å². The quantitative estimate of drug-likeness (QED) is 0.573. The minimum absolute atomic E-state index is 0.0895. The van der Waals surface area contributed by atoms with Crippen molar-refractivity contribution < 1.29 is 19.1 Å². The fourth-order valence-electron chi connectivity index (χ4n) is 3.96. The molecule has 4 heteroatoms. The second kappa shape index (κ2) is 10.1. The Morgan fingerprint density at radius 1 is 0.679 bits per heavy atom. The Morgan fingerprint density at radius 3 is 1.54 bits per heavy atom. The molecule has 0 atom stereocenters. The first kappa shape index (κ1) is 20.1. The van der Waals surface area contributed by atoms with E-state index in [0.29, 0.717) is 24.3 Å². The van der Waals surface area contributed by atoms with Gasteiger partial charge in [-0.15, -0.1) is 0 Å². The van der Waals surface area contributed by atoms with Gasteiger partial charge in [0.2, 0.25) is 0 Å².